The number of carbonyl (C=O) groups excluding carboxylic acids is 3. The Morgan fingerprint density at radius 1 is 1.29 bits per heavy atom. The van der Waals surface area contributed by atoms with E-state index in [0.29, 0.717) is 0 Å². The van der Waals surface area contributed by atoms with Gasteiger partial charge in [0.2, 0.25) is 5.91 Å². The zero-order valence-corrected chi connectivity index (χ0v) is 15.0. The summed E-state index contributed by atoms with van der Waals surface area (Å²) in [7, 11) is 1.10. The molecule has 0 radical (unpaired) electrons. The highest BCUT2D eigenvalue weighted by atomic mass is 19.4. The van der Waals surface area contributed by atoms with Crippen LogP contribution >= 0.6 is 0 Å². The van der Waals surface area contributed by atoms with Gasteiger partial charge in [-0.25, -0.2) is 4.79 Å². The topological polar surface area (TPSA) is 108 Å². The molecule has 0 spiro atoms. The number of rotatable bonds is 6. The predicted molar refractivity (Wildman–Crippen MR) is 92.1 cm³/mol. The minimum Gasteiger partial charge on any atom is -0.466 e. The molecule has 0 aliphatic carbocycles. The van der Waals surface area contributed by atoms with Crippen molar-refractivity contribution in [2.75, 3.05) is 37.4 Å². The number of benzene rings is 1. The first-order chi connectivity index (χ1) is 13.1. The molecule has 1 aromatic carbocycles. The van der Waals surface area contributed by atoms with Crippen LogP contribution in [0, 0.1) is 0 Å². The van der Waals surface area contributed by atoms with E-state index in [4.69, 9.17) is 5.11 Å². The summed E-state index contributed by atoms with van der Waals surface area (Å²) < 4.78 is 43.8. The first kappa shape index (κ1) is 21.2. The molecular formula is C17H18F3N3O5. The number of halogens is 3. The van der Waals surface area contributed by atoms with Crippen molar-refractivity contribution in [1.29, 1.82) is 0 Å². The van der Waals surface area contributed by atoms with E-state index in [9.17, 15) is 27.6 Å². The second-order valence-electron chi connectivity index (χ2n) is 5.86. The van der Waals surface area contributed by atoms with Crippen molar-refractivity contribution >= 4 is 29.2 Å². The van der Waals surface area contributed by atoms with Gasteiger partial charge in [-0.2, -0.15) is 13.2 Å². The second-order valence-corrected chi connectivity index (χ2v) is 5.86. The van der Waals surface area contributed by atoms with Gasteiger partial charge >= 0.3 is 12.1 Å². The number of alkyl halides is 3. The maximum atomic E-state index is 13.1. The lowest BCUT2D eigenvalue weighted by Gasteiger charge is -2.17. The number of anilines is 2. The summed E-state index contributed by atoms with van der Waals surface area (Å²) in [6.45, 7) is 0.549. The number of aliphatic hydroxyl groups is 1. The third-order valence-corrected chi connectivity index (χ3v) is 3.87. The summed E-state index contributed by atoms with van der Waals surface area (Å²) in [6.07, 6.45) is -4.66. The number of hydrogen-bond acceptors (Lipinski definition) is 6. The Hall–Kier alpha value is -3.08. The van der Waals surface area contributed by atoms with Crippen molar-refractivity contribution in [3.8, 4) is 0 Å². The molecule has 0 bridgehead atoms. The largest absolute Gasteiger partial charge is 0.466 e. The average Bonchev–Trinajstić information content (AvgIpc) is 2.91. The summed E-state index contributed by atoms with van der Waals surface area (Å²) in [5.41, 5.74) is -1.63. The number of nitrogens with one attached hydrogen (secondary N) is 2. The van der Waals surface area contributed by atoms with E-state index >= 15 is 0 Å². The van der Waals surface area contributed by atoms with E-state index in [1.54, 1.807) is 0 Å². The van der Waals surface area contributed by atoms with Gasteiger partial charge in [0.15, 0.2) is 0 Å². The van der Waals surface area contributed by atoms with Gasteiger partial charge in [-0.15, -0.1) is 0 Å². The van der Waals surface area contributed by atoms with Crippen molar-refractivity contribution in [1.82, 2.24) is 4.90 Å². The van der Waals surface area contributed by atoms with Crippen LogP contribution in [0.25, 0.3) is 0 Å². The highest BCUT2D eigenvalue weighted by molar-refractivity contribution is 6.09. The molecule has 1 aliphatic rings. The van der Waals surface area contributed by atoms with Gasteiger partial charge in [-0.05, 0) is 18.2 Å². The number of aliphatic hydroxyl groups excluding tert-OH is 1. The number of methoxy groups -OCH3 is 1. The van der Waals surface area contributed by atoms with Crippen LogP contribution in [-0.2, 0) is 25.3 Å². The monoisotopic (exact) mass is 401 g/mol. The van der Waals surface area contributed by atoms with Gasteiger partial charge in [0.05, 0.1) is 42.8 Å². The SMILES string of the molecule is COC(=O)C1=C(Nc2cc(C(F)(F)F)ccc2NC(C)=O)C(=O)N(CCO)C1. The van der Waals surface area contributed by atoms with Crippen LogP contribution in [-0.4, -0.2) is 54.6 Å². The Bertz CT molecular complexity index is 836. The fourth-order valence-electron chi connectivity index (χ4n) is 2.61. The van der Waals surface area contributed by atoms with Crippen molar-refractivity contribution in [2.45, 2.75) is 13.1 Å². The molecule has 0 atom stereocenters. The number of carbonyl (C=O) groups is 3. The van der Waals surface area contributed by atoms with E-state index in [1.165, 1.54) is 6.92 Å². The highest BCUT2D eigenvalue weighted by Gasteiger charge is 2.36. The molecule has 28 heavy (non-hydrogen) atoms. The first-order valence-corrected chi connectivity index (χ1v) is 8.06. The van der Waals surface area contributed by atoms with Gasteiger partial charge in [0.1, 0.15) is 5.70 Å². The number of hydrogen-bond donors (Lipinski definition) is 3. The molecule has 0 unspecified atom stereocenters. The normalized spacial score (nSPS) is 14.4. The fraction of sp³-hybridized carbons (Fsp3) is 0.353. The molecule has 0 saturated heterocycles. The second kappa shape index (κ2) is 8.30. The average molecular weight is 401 g/mol. The summed E-state index contributed by atoms with van der Waals surface area (Å²) in [5, 5.41) is 13.9. The molecule has 1 aliphatic heterocycles. The van der Waals surface area contributed by atoms with Crippen molar-refractivity contribution in [3.05, 3.63) is 35.0 Å². The maximum Gasteiger partial charge on any atom is 0.416 e. The highest BCUT2D eigenvalue weighted by Crippen LogP contribution is 2.35. The number of esters is 1. The molecule has 0 fully saturated rings. The zero-order chi connectivity index (χ0) is 21.1. The van der Waals surface area contributed by atoms with Gasteiger partial charge < -0.3 is 25.4 Å². The summed E-state index contributed by atoms with van der Waals surface area (Å²) in [4.78, 5) is 37.0. The Balaban J connectivity index is 2.51. The predicted octanol–water partition coefficient (Wildman–Crippen LogP) is 1.34. The smallest absolute Gasteiger partial charge is 0.416 e. The van der Waals surface area contributed by atoms with Gasteiger partial charge in [-0.1, -0.05) is 0 Å². The van der Waals surface area contributed by atoms with Crippen molar-refractivity contribution in [2.24, 2.45) is 0 Å². The van der Waals surface area contributed by atoms with E-state index in [0.717, 1.165) is 30.2 Å². The molecule has 2 amide bonds. The number of β-amino-alcohol motifs (C(OH)–C–C–N with tert-alkyl or cyclic N) is 1. The van der Waals surface area contributed by atoms with E-state index in [-0.39, 0.29) is 42.3 Å². The van der Waals surface area contributed by atoms with Gasteiger partial charge in [0, 0.05) is 13.5 Å². The molecule has 1 heterocycles. The number of nitrogens with zero attached hydrogens (tertiary/aromatic N) is 1. The molecule has 8 nitrogen and oxygen atoms in total. The Morgan fingerprint density at radius 3 is 2.50 bits per heavy atom. The van der Waals surface area contributed by atoms with Crippen LogP contribution < -0.4 is 10.6 Å². The minimum atomic E-state index is -4.66. The van der Waals surface area contributed by atoms with Crippen LogP contribution in [0.15, 0.2) is 29.5 Å². The molecule has 2 rings (SSSR count). The van der Waals surface area contributed by atoms with Crippen LogP contribution in [0.4, 0.5) is 24.5 Å². The molecule has 152 valence electrons. The van der Waals surface area contributed by atoms with Crippen LogP contribution in [0.3, 0.4) is 0 Å². The van der Waals surface area contributed by atoms with Crippen molar-refractivity contribution < 1.29 is 37.4 Å². The Morgan fingerprint density at radius 2 is 1.96 bits per heavy atom. The minimum absolute atomic E-state index is 0.00868. The molecular weight excluding hydrogens is 383 g/mol. The maximum absolute atomic E-state index is 13.1. The number of ether oxygens (including phenoxy) is 1. The summed E-state index contributed by atoms with van der Waals surface area (Å²) in [5.74, 6) is -2.07. The fourth-order valence-corrected chi connectivity index (χ4v) is 2.61. The lowest BCUT2D eigenvalue weighted by molar-refractivity contribution is -0.138. The lowest BCUT2D eigenvalue weighted by Crippen LogP contribution is -2.31. The third-order valence-electron chi connectivity index (χ3n) is 3.87. The number of amides is 2. The molecule has 0 aromatic heterocycles. The standard InChI is InChI=1S/C17H18F3N3O5/c1-9(25)21-12-4-3-10(17(18,19)20)7-13(12)22-14-11(16(27)28-2)8-23(5-6-24)15(14)26/h3-4,7,22,24H,5-6,8H2,1-2H3,(H,21,25). The van der Waals surface area contributed by atoms with E-state index in [2.05, 4.69) is 15.4 Å². The molecule has 0 saturated carbocycles. The summed E-state index contributed by atoms with van der Waals surface area (Å²) >= 11 is 0. The zero-order valence-electron chi connectivity index (χ0n) is 15.0. The molecule has 11 heteroatoms. The van der Waals surface area contributed by atoms with E-state index < -0.39 is 29.5 Å². The first-order valence-electron chi connectivity index (χ1n) is 8.06. The molecule has 3 N–H and O–H groups in total. The van der Waals surface area contributed by atoms with Gasteiger partial charge in [0.25, 0.3) is 5.91 Å². The molecule has 1 aromatic rings. The Kier molecular flexibility index (Phi) is 6.29. The third kappa shape index (κ3) is 4.60. The van der Waals surface area contributed by atoms with E-state index in [1.807, 2.05) is 0 Å². The Labute approximate surface area is 157 Å². The van der Waals surface area contributed by atoms with Gasteiger partial charge in [-0.3, -0.25) is 9.59 Å². The quantitative estimate of drug-likeness (QED) is 0.621. The van der Waals surface area contributed by atoms with Crippen molar-refractivity contribution in [3.63, 3.8) is 0 Å². The summed E-state index contributed by atoms with van der Waals surface area (Å²) in [6, 6.07) is 2.53. The van der Waals surface area contributed by atoms with Crippen LogP contribution in [0.1, 0.15) is 12.5 Å². The lowest BCUT2D eigenvalue weighted by atomic mass is 10.1. The van der Waals surface area contributed by atoms with Crippen LogP contribution in [0.2, 0.25) is 0 Å². The van der Waals surface area contributed by atoms with Crippen LogP contribution in [0.5, 0.6) is 0 Å².